The molecule has 3 nitrogen and oxygen atoms in total. The van der Waals surface area contributed by atoms with E-state index in [1.54, 1.807) is 0 Å². The largest absolute Gasteiger partial charge is 0.380 e. The highest BCUT2D eigenvalue weighted by Gasteiger charge is 2.25. The summed E-state index contributed by atoms with van der Waals surface area (Å²) in [5, 5.41) is 0. The first-order chi connectivity index (χ1) is 7.07. The van der Waals surface area contributed by atoms with Gasteiger partial charge < -0.3 is 10.5 Å². The van der Waals surface area contributed by atoms with Gasteiger partial charge in [0.05, 0.1) is 6.10 Å². The summed E-state index contributed by atoms with van der Waals surface area (Å²) >= 11 is 0. The first-order valence-electron chi connectivity index (χ1n) is 6.11. The number of likely N-dealkylation sites (tertiary alicyclic amines) is 1. The van der Waals surface area contributed by atoms with E-state index in [1.807, 2.05) is 7.11 Å². The van der Waals surface area contributed by atoms with Gasteiger partial charge >= 0.3 is 0 Å². The van der Waals surface area contributed by atoms with Crippen molar-refractivity contribution in [2.24, 2.45) is 5.73 Å². The number of hydrogen-bond acceptors (Lipinski definition) is 3. The average Bonchev–Trinajstić information content (AvgIpc) is 2.17. The van der Waals surface area contributed by atoms with Gasteiger partial charge in [-0.2, -0.15) is 0 Å². The number of ether oxygens (including phenoxy) is 1. The highest BCUT2D eigenvalue weighted by molar-refractivity contribution is 4.85. The van der Waals surface area contributed by atoms with Crippen molar-refractivity contribution in [2.45, 2.75) is 51.2 Å². The molecule has 90 valence electrons. The van der Waals surface area contributed by atoms with Gasteiger partial charge in [-0.1, -0.05) is 13.3 Å². The molecule has 1 aliphatic rings. The van der Waals surface area contributed by atoms with Crippen molar-refractivity contribution >= 4 is 0 Å². The van der Waals surface area contributed by atoms with E-state index in [-0.39, 0.29) is 5.54 Å². The normalized spacial score (nSPS) is 27.6. The van der Waals surface area contributed by atoms with Crippen LogP contribution in [0.25, 0.3) is 0 Å². The van der Waals surface area contributed by atoms with Crippen molar-refractivity contribution in [3.63, 3.8) is 0 Å². The molecule has 0 aliphatic carbocycles. The van der Waals surface area contributed by atoms with Crippen LogP contribution in [-0.4, -0.2) is 43.3 Å². The van der Waals surface area contributed by atoms with Crippen LogP contribution >= 0.6 is 0 Å². The van der Waals surface area contributed by atoms with E-state index < -0.39 is 0 Å². The van der Waals surface area contributed by atoms with Gasteiger partial charge in [0.1, 0.15) is 0 Å². The third kappa shape index (κ3) is 4.49. The fourth-order valence-electron chi connectivity index (χ4n) is 2.51. The predicted octanol–water partition coefficient (Wildman–Crippen LogP) is 1.61. The molecule has 0 aromatic heterocycles. The van der Waals surface area contributed by atoms with Crippen LogP contribution in [-0.2, 0) is 4.74 Å². The van der Waals surface area contributed by atoms with E-state index in [9.17, 15) is 0 Å². The van der Waals surface area contributed by atoms with Gasteiger partial charge in [0.2, 0.25) is 0 Å². The second-order valence-corrected chi connectivity index (χ2v) is 5.14. The van der Waals surface area contributed by atoms with Crippen LogP contribution in [0.5, 0.6) is 0 Å². The van der Waals surface area contributed by atoms with Crippen LogP contribution in [0, 0.1) is 0 Å². The lowest BCUT2D eigenvalue weighted by Crippen LogP contribution is -2.51. The maximum absolute atomic E-state index is 6.26. The Kier molecular flexibility index (Phi) is 5.03. The second-order valence-electron chi connectivity index (χ2n) is 5.14. The monoisotopic (exact) mass is 214 g/mol. The third-order valence-electron chi connectivity index (χ3n) is 3.20. The van der Waals surface area contributed by atoms with Gasteiger partial charge in [-0.3, -0.25) is 4.90 Å². The molecular formula is C12H26N2O. The van der Waals surface area contributed by atoms with Crippen molar-refractivity contribution < 1.29 is 4.74 Å². The Morgan fingerprint density at radius 3 is 2.87 bits per heavy atom. The number of rotatable bonds is 5. The highest BCUT2D eigenvalue weighted by Crippen LogP contribution is 2.17. The third-order valence-corrected chi connectivity index (χ3v) is 3.20. The van der Waals surface area contributed by atoms with E-state index in [2.05, 4.69) is 18.7 Å². The van der Waals surface area contributed by atoms with E-state index in [4.69, 9.17) is 10.5 Å². The van der Waals surface area contributed by atoms with Crippen molar-refractivity contribution in [3.8, 4) is 0 Å². The fraction of sp³-hybridized carbons (Fsp3) is 1.00. The van der Waals surface area contributed by atoms with Crippen LogP contribution in [0.1, 0.15) is 39.5 Å². The molecule has 1 fully saturated rings. The molecule has 2 atom stereocenters. The van der Waals surface area contributed by atoms with E-state index in [1.165, 1.54) is 19.4 Å². The number of nitrogens with zero attached hydrogens (tertiary/aromatic N) is 1. The van der Waals surface area contributed by atoms with Crippen molar-refractivity contribution in [2.75, 3.05) is 26.7 Å². The molecule has 15 heavy (non-hydrogen) atoms. The van der Waals surface area contributed by atoms with Crippen LogP contribution in [0.2, 0.25) is 0 Å². The minimum atomic E-state index is -0.0373. The van der Waals surface area contributed by atoms with Gasteiger partial charge in [0.25, 0.3) is 0 Å². The number of nitrogens with two attached hydrogens (primary N) is 1. The molecule has 1 rings (SSSR count). The standard InChI is InChI=1S/C12H26N2O/c1-4-7-12(2,13)10-14-8-5-6-11(9-14)15-3/h11H,4-10,13H2,1-3H3. The SMILES string of the molecule is CCCC(C)(N)CN1CCCC(OC)C1. The molecule has 1 saturated heterocycles. The van der Waals surface area contributed by atoms with Crippen LogP contribution < -0.4 is 5.73 Å². The Hall–Kier alpha value is -0.120. The molecule has 1 aliphatic heterocycles. The summed E-state index contributed by atoms with van der Waals surface area (Å²) in [4.78, 5) is 2.45. The smallest absolute Gasteiger partial charge is 0.0698 e. The van der Waals surface area contributed by atoms with Crippen LogP contribution in [0.15, 0.2) is 0 Å². The summed E-state index contributed by atoms with van der Waals surface area (Å²) in [5.41, 5.74) is 6.23. The number of methoxy groups -OCH3 is 1. The number of piperidine rings is 1. The Morgan fingerprint density at radius 1 is 1.53 bits per heavy atom. The second kappa shape index (κ2) is 5.83. The summed E-state index contributed by atoms with van der Waals surface area (Å²) in [7, 11) is 1.81. The highest BCUT2D eigenvalue weighted by atomic mass is 16.5. The molecule has 0 radical (unpaired) electrons. The van der Waals surface area contributed by atoms with Crippen molar-refractivity contribution in [1.29, 1.82) is 0 Å². The quantitative estimate of drug-likeness (QED) is 0.755. The predicted molar refractivity (Wildman–Crippen MR) is 64.0 cm³/mol. The van der Waals surface area contributed by atoms with Gasteiger partial charge in [0, 0.05) is 25.7 Å². The summed E-state index contributed by atoms with van der Waals surface area (Å²) in [6, 6.07) is 0. The zero-order chi connectivity index (χ0) is 11.3. The molecular weight excluding hydrogens is 188 g/mol. The first-order valence-corrected chi connectivity index (χ1v) is 6.11. The molecule has 0 amide bonds. The van der Waals surface area contributed by atoms with Crippen LogP contribution in [0.3, 0.4) is 0 Å². The lowest BCUT2D eigenvalue weighted by molar-refractivity contribution is 0.0239. The first kappa shape index (κ1) is 12.9. The summed E-state index contributed by atoms with van der Waals surface area (Å²) in [6.07, 6.45) is 5.11. The molecule has 1 heterocycles. The van der Waals surface area contributed by atoms with Gasteiger partial charge in [-0.25, -0.2) is 0 Å². The molecule has 0 aromatic carbocycles. The molecule has 0 aromatic rings. The fourth-order valence-corrected chi connectivity index (χ4v) is 2.51. The van der Waals surface area contributed by atoms with Gasteiger partial charge in [-0.05, 0) is 32.7 Å². The van der Waals surface area contributed by atoms with Crippen LogP contribution in [0.4, 0.5) is 0 Å². The zero-order valence-corrected chi connectivity index (χ0v) is 10.5. The summed E-state index contributed by atoms with van der Waals surface area (Å²) in [5.74, 6) is 0. The topological polar surface area (TPSA) is 38.5 Å². The maximum Gasteiger partial charge on any atom is 0.0698 e. The Labute approximate surface area is 94.0 Å². The average molecular weight is 214 g/mol. The van der Waals surface area contributed by atoms with Gasteiger partial charge in [0.15, 0.2) is 0 Å². The van der Waals surface area contributed by atoms with E-state index in [0.29, 0.717) is 6.10 Å². The molecule has 0 saturated carbocycles. The van der Waals surface area contributed by atoms with Gasteiger partial charge in [-0.15, -0.1) is 0 Å². The Morgan fingerprint density at radius 2 is 2.27 bits per heavy atom. The molecule has 0 spiro atoms. The van der Waals surface area contributed by atoms with E-state index in [0.717, 1.165) is 25.9 Å². The summed E-state index contributed by atoms with van der Waals surface area (Å²) < 4.78 is 5.41. The zero-order valence-electron chi connectivity index (χ0n) is 10.5. The lowest BCUT2D eigenvalue weighted by atomic mass is 9.95. The van der Waals surface area contributed by atoms with E-state index >= 15 is 0 Å². The van der Waals surface area contributed by atoms with Crippen molar-refractivity contribution in [1.82, 2.24) is 4.90 Å². The molecule has 0 bridgehead atoms. The maximum atomic E-state index is 6.26. The Balaban J connectivity index is 2.36. The lowest BCUT2D eigenvalue weighted by Gasteiger charge is -2.37. The minimum absolute atomic E-state index is 0.0373. The number of hydrogen-bond donors (Lipinski definition) is 1. The molecule has 2 N–H and O–H groups in total. The Bertz CT molecular complexity index is 182. The molecule has 2 unspecified atom stereocenters. The molecule has 3 heteroatoms. The summed E-state index contributed by atoms with van der Waals surface area (Å²) in [6.45, 7) is 7.58. The minimum Gasteiger partial charge on any atom is -0.380 e. The van der Waals surface area contributed by atoms with Crippen molar-refractivity contribution in [3.05, 3.63) is 0 Å².